The van der Waals surface area contributed by atoms with Crippen molar-refractivity contribution in [3.05, 3.63) is 23.3 Å². The second kappa shape index (κ2) is 4.18. The summed E-state index contributed by atoms with van der Waals surface area (Å²) in [5.41, 5.74) is 0.829. The van der Waals surface area contributed by atoms with Gasteiger partial charge in [-0.2, -0.15) is 0 Å². The lowest BCUT2D eigenvalue weighted by Crippen LogP contribution is -2.38. The van der Waals surface area contributed by atoms with Gasteiger partial charge in [-0.05, 0) is 30.9 Å². The van der Waals surface area contributed by atoms with Crippen molar-refractivity contribution in [3.8, 4) is 0 Å². The molecule has 19 heavy (non-hydrogen) atoms. The standard InChI is InChI=1S/C14H16F2N2O/c1-17(2)14-10(15)7-8-3-6-11(19)18(9-4-5-9)13(8)12(14)16/h7,9H,3-6H2,1-2H3. The van der Waals surface area contributed by atoms with Crippen LogP contribution in [0.15, 0.2) is 6.07 Å². The Labute approximate surface area is 110 Å². The molecule has 1 amide bonds. The lowest BCUT2D eigenvalue weighted by Gasteiger charge is -2.31. The molecular formula is C14H16F2N2O. The summed E-state index contributed by atoms with van der Waals surface area (Å²) in [5.74, 6) is -1.23. The van der Waals surface area contributed by atoms with Crippen LogP contribution < -0.4 is 9.80 Å². The van der Waals surface area contributed by atoms with Gasteiger partial charge in [-0.15, -0.1) is 0 Å². The minimum absolute atomic E-state index is 0.0507. The van der Waals surface area contributed by atoms with Crippen LogP contribution in [0.1, 0.15) is 24.8 Å². The number of benzene rings is 1. The highest BCUT2D eigenvalue weighted by atomic mass is 19.1. The number of anilines is 2. The Morgan fingerprint density at radius 2 is 1.95 bits per heavy atom. The van der Waals surface area contributed by atoms with Crippen LogP contribution in [-0.4, -0.2) is 26.0 Å². The van der Waals surface area contributed by atoms with Gasteiger partial charge in [0.15, 0.2) is 5.82 Å². The Bertz CT molecular complexity index is 553. The van der Waals surface area contributed by atoms with Gasteiger partial charge in [0.25, 0.3) is 0 Å². The highest BCUT2D eigenvalue weighted by Gasteiger charge is 2.39. The van der Waals surface area contributed by atoms with Crippen LogP contribution in [-0.2, 0) is 11.2 Å². The molecule has 0 bridgehead atoms. The second-order valence-electron chi connectivity index (χ2n) is 5.42. The van der Waals surface area contributed by atoms with Crippen LogP contribution in [0.2, 0.25) is 0 Å². The summed E-state index contributed by atoms with van der Waals surface area (Å²) in [6, 6.07) is 1.47. The highest BCUT2D eigenvalue weighted by Crippen LogP contribution is 2.42. The molecule has 3 nitrogen and oxygen atoms in total. The fourth-order valence-electron chi connectivity index (χ4n) is 2.71. The predicted molar refractivity (Wildman–Crippen MR) is 69.5 cm³/mol. The van der Waals surface area contributed by atoms with E-state index in [1.54, 1.807) is 19.0 Å². The molecule has 102 valence electrons. The maximum atomic E-state index is 14.6. The van der Waals surface area contributed by atoms with Crippen molar-refractivity contribution >= 4 is 17.3 Å². The Kier molecular flexibility index (Phi) is 2.73. The van der Waals surface area contributed by atoms with Gasteiger partial charge < -0.3 is 9.80 Å². The SMILES string of the molecule is CN(C)c1c(F)cc2c(c1F)N(C1CC1)C(=O)CC2. The summed E-state index contributed by atoms with van der Waals surface area (Å²) in [7, 11) is 3.19. The third-order valence-corrected chi connectivity index (χ3v) is 3.72. The number of nitrogens with zero attached hydrogens (tertiary/aromatic N) is 2. The maximum absolute atomic E-state index is 14.6. The third kappa shape index (κ3) is 1.88. The normalized spacial score (nSPS) is 18.5. The first-order valence-electron chi connectivity index (χ1n) is 6.51. The Balaban J connectivity index is 2.19. The second-order valence-corrected chi connectivity index (χ2v) is 5.42. The third-order valence-electron chi connectivity index (χ3n) is 3.72. The first-order valence-corrected chi connectivity index (χ1v) is 6.51. The molecule has 1 aliphatic carbocycles. The largest absolute Gasteiger partial charge is 0.373 e. The predicted octanol–water partition coefficient (Wildman–Crippen LogP) is 2.47. The number of carbonyl (C=O) groups is 1. The van der Waals surface area contributed by atoms with E-state index in [0.29, 0.717) is 24.1 Å². The summed E-state index contributed by atoms with van der Waals surface area (Å²) in [6.07, 6.45) is 2.56. The van der Waals surface area contributed by atoms with Gasteiger partial charge in [0, 0.05) is 26.6 Å². The van der Waals surface area contributed by atoms with Gasteiger partial charge >= 0.3 is 0 Å². The smallest absolute Gasteiger partial charge is 0.227 e. The minimum Gasteiger partial charge on any atom is -0.373 e. The zero-order valence-corrected chi connectivity index (χ0v) is 11.0. The van der Waals surface area contributed by atoms with Gasteiger partial charge in [0.2, 0.25) is 5.91 Å². The molecule has 0 radical (unpaired) electrons. The fraction of sp³-hybridized carbons (Fsp3) is 0.500. The Morgan fingerprint density at radius 1 is 1.26 bits per heavy atom. The Morgan fingerprint density at radius 3 is 2.53 bits per heavy atom. The van der Waals surface area contributed by atoms with E-state index in [9.17, 15) is 13.6 Å². The van der Waals surface area contributed by atoms with E-state index in [0.717, 1.165) is 12.8 Å². The summed E-state index contributed by atoms with van der Waals surface area (Å²) in [6.45, 7) is 0. The monoisotopic (exact) mass is 266 g/mol. The molecule has 1 aromatic carbocycles. The minimum atomic E-state index is -0.611. The van der Waals surface area contributed by atoms with Crippen molar-refractivity contribution in [1.82, 2.24) is 0 Å². The highest BCUT2D eigenvalue weighted by molar-refractivity contribution is 5.98. The van der Waals surface area contributed by atoms with Crippen LogP contribution >= 0.6 is 0 Å². The average Bonchev–Trinajstić information content (AvgIpc) is 3.13. The molecule has 1 heterocycles. The average molecular weight is 266 g/mol. The van der Waals surface area contributed by atoms with Crippen LogP contribution in [0.25, 0.3) is 0 Å². The van der Waals surface area contributed by atoms with E-state index in [4.69, 9.17) is 0 Å². The van der Waals surface area contributed by atoms with E-state index in [1.165, 1.54) is 11.0 Å². The number of halogens is 2. The molecule has 0 aromatic heterocycles. The summed E-state index contributed by atoms with van der Waals surface area (Å²) >= 11 is 0. The van der Waals surface area contributed by atoms with E-state index < -0.39 is 11.6 Å². The van der Waals surface area contributed by atoms with E-state index in [-0.39, 0.29) is 17.6 Å². The molecule has 0 unspecified atom stereocenters. The first-order chi connectivity index (χ1) is 9.00. The lowest BCUT2D eigenvalue weighted by atomic mass is 9.99. The molecule has 0 saturated heterocycles. The summed E-state index contributed by atoms with van der Waals surface area (Å²) in [4.78, 5) is 15.0. The van der Waals surface area contributed by atoms with Crippen LogP contribution in [0.5, 0.6) is 0 Å². The van der Waals surface area contributed by atoms with E-state index in [1.807, 2.05) is 0 Å². The summed E-state index contributed by atoms with van der Waals surface area (Å²) in [5, 5.41) is 0. The van der Waals surface area contributed by atoms with Crippen molar-refractivity contribution in [2.45, 2.75) is 31.7 Å². The van der Waals surface area contributed by atoms with Gasteiger partial charge in [0.05, 0.1) is 5.69 Å². The molecule has 0 spiro atoms. The molecule has 3 rings (SSSR count). The van der Waals surface area contributed by atoms with Crippen LogP contribution in [0, 0.1) is 11.6 Å². The molecule has 1 saturated carbocycles. The van der Waals surface area contributed by atoms with E-state index >= 15 is 0 Å². The van der Waals surface area contributed by atoms with Gasteiger partial charge in [-0.25, -0.2) is 8.78 Å². The number of fused-ring (bicyclic) bond motifs is 1. The first kappa shape index (κ1) is 12.4. The number of aryl methyl sites for hydroxylation is 1. The van der Waals surface area contributed by atoms with Crippen molar-refractivity contribution < 1.29 is 13.6 Å². The maximum Gasteiger partial charge on any atom is 0.227 e. The van der Waals surface area contributed by atoms with Crippen molar-refractivity contribution in [1.29, 1.82) is 0 Å². The quantitative estimate of drug-likeness (QED) is 0.821. The van der Waals surface area contributed by atoms with Crippen molar-refractivity contribution in [2.24, 2.45) is 0 Å². The van der Waals surface area contributed by atoms with Crippen LogP contribution in [0.4, 0.5) is 20.2 Å². The number of hydrogen-bond acceptors (Lipinski definition) is 2. The zero-order chi connectivity index (χ0) is 13.7. The van der Waals surface area contributed by atoms with Gasteiger partial charge in [-0.3, -0.25) is 4.79 Å². The fourth-order valence-corrected chi connectivity index (χ4v) is 2.71. The van der Waals surface area contributed by atoms with Crippen LogP contribution in [0.3, 0.4) is 0 Å². The number of hydrogen-bond donors (Lipinski definition) is 0. The lowest BCUT2D eigenvalue weighted by molar-refractivity contribution is -0.119. The zero-order valence-electron chi connectivity index (χ0n) is 11.0. The number of carbonyl (C=O) groups excluding carboxylic acids is 1. The molecule has 1 aromatic rings. The number of rotatable bonds is 2. The van der Waals surface area contributed by atoms with Crippen molar-refractivity contribution in [3.63, 3.8) is 0 Å². The molecule has 1 fully saturated rings. The van der Waals surface area contributed by atoms with Gasteiger partial charge in [-0.1, -0.05) is 0 Å². The molecule has 0 N–H and O–H groups in total. The molecule has 1 aliphatic heterocycles. The van der Waals surface area contributed by atoms with Crippen molar-refractivity contribution in [2.75, 3.05) is 23.9 Å². The molecule has 5 heteroatoms. The molecule has 0 atom stereocenters. The molecule has 2 aliphatic rings. The topological polar surface area (TPSA) is 23.6 Å². The van der Waals surface area contributed by atoms with E-state index in [2.05, 4.69) is 0 Å². The number of amides is 1. The van der Waals surface area contributed by atoms with Gasteiger partial charge in [0.1, 0.15) is 11.5 Å². The Hall–Kier alpha value is -1.65. The molecular weight excluding hydrogens is 250 g/mol. The summed E-state index contributed by atoms with van der Waals surface area (Å²) < 4.78 is 28.5.